The summed E-state index contributed by atoms with van der Waals surface area (Å²) >= 11 is 0. The van der Waals surface area contributed by atoms with Crippen LogP contribution in [0.1, 0.15) is 27.6 Å². The molecule has 0 spiro atoms. The zero-order valence-electron chi connectivity index (χ0n) is 10.8. The molecule has 2 heterocycles. The Labute approximate surface area is 116 Å². The number of aromatic carboxylic acids is 1. The Balaban J connectivity index is 2.47. The van der Waals surface area contributed by atoms with Crippen molar-refractivity contribution in [3.05, 3.63) is 57.4 Å². The third-order valence-electron chi connectivity index (χ3n) is 2.82. The Bertz CT molecular complexity index is 743. The maximum absolute atomic E-state index is 12.9. The topological polar surface area (TPSA) is 72.4 Å². The second-order valence-electron chi connectivity index (χ2n) is 4.36. The van der Waals surface area contributed by atoms with Crippen molar-refractivity contribution in [2.75, 3.05) is 0 Å². The van der Waals surface area contributed by atoms with E-state index in [2.05, 4.69) is 0 Å². The van der Waals surface area contributed by atoms with E-state index in [4.69, 9.17) is 9.52 Å². The summed E-state index contributed by atoms with van der Waals surface area (Å²) < 4.78 is 44.0. The van der Waals surface area contributed by atoms with Crippen LogP contribution in [0.5, 0.6) is 0 Å². The van der Waals surface area contributed by atoms with Gasteiger partial charge in [-0.15, -0.1) is 0 Å². The maximum Gasteiger partial charge on any atom is 0.431 e. The Morgan fingerprint density at radius 2 is 2.05 bits per heavy atom. The van der Waals surface area contributed by atoms with E-state index < -0.39 is 29.9 Å². The van der Waals surface area contributed by atoms with Crippen molar-refractivity contribution in [2.45, 2.75) is 19.6 Å². The average Bonchev–Trinajstić information content (AvgIpc) is 2.71. The van der Waals surface area contributed by atoms with Gasteiger partial charge in [-0.05, 0) is 19.1 Å². The molecule has 0 saturated carbocycles. The highest BCUT2D eigenvalue weighted by Crippen LogP contribution is 2.28. The Morgan fingerprint density at radius 1 is 1.38 bits per heavy atom. The summed E-state index contributed by atoms with van der Waals surface area (Å²) in [6, 6.07) is 4.07. The molecule has 0 unspecified atom stereocenters. The standard InChI is InChI=1S/C13H10F3NO4/c1-7-5-8(21-11(7)12(19)20)6-17-9(13(14,15)16)3-2-4-10(17)18/h2-5H,6H2,1H3,(H,19,20). The van der Waals surface area contributed by atoms with Gasteiger partial charge in [-0.3, -0.25) is 9.36 Å². The number of aryl methyl sites for hydroxylation is 1. The van der Waals surface area contributed by atoms with E-state index in [0.29, 0.717) is 4.57 Å². The Morgan fingerprint density at radius 3 is 2.57 bits per heavy atom. The third kappa shape index (κ3) is 2.99. The van der Waals surface area contributed by atoms with Crippen molar-refractivity contribution >= 4 is 5.97 Å². The average molecular weight is 301 g/mol. The summed E-state index contributed by atoms with van der Waals surface area (Å²) in [6.45, 7) is 0.956. The normalized spacial score (nSPS) is 11.6. The van der Waals surface area contributed by atoms with E-state index in [-0.39, 0.29) is 17.1 Å². The molecule has 0 aromatic carbocycles. The summed E-state index contributed by atoms with van der Waals surface area (Å²) in [5, 5.41) is 8.84. The predicted octanol–water partition coefficient (Wildman–Crippen LogP) is 2.52. The van der Waals surface area contributed by atoms with Gasteiger partial charge < -0.3 is 9.52 Å². The monoisotopic (exact) mass is 301 g/mol. The first kappa shape index (κ1) is 14.9. The van der Waals surface area contributed by atoms with Crippen LogP contribution < -0.4 is 5.56 Å². The zero-order chi connectivity index (χ0) is 15.8. The van der Waals surface area contributed by atoms with Gasteiger partial charge in [0.15, 0.2) is 0 Å². The first-order chi connectivity index (χ1) is 9.70. The molecule has 5 nitrogen and oxygen atoms in total. The molecule has 2 rings (SSSR count). The van der Waals surface area contributed by atoms with Crippen LogP contribution in [-0.4, -0.2) is 15.6 Å². The predicted molar refractivity (Wildman–Crippen MR) is 65.2 cm³/mol. The molecule has 0 saturated heterocycles. The van der Waals surface area contributed by atoms with Crippen LogP contribution in [0.2, 0.25) is 0 Å². The molecule has 0 bridgehead atoms. The fourth-order valence-corrected chi connectivity index (χ4v) is 1.93. The molecule has 0 aliphatic rings. The molecule has 2 aromatic heterocycles. The molecule has 0 aliphatic carbocycles. The zero-order valence-corrected chi connectivity index (χ0v) is 10.8. The summed E-state index contributed by atoms with van der Waals surface area (Å²) in [4.78, 5) is 22.5. The largest absolute Gasteiger partial charge is 0.475 e. The lowest BCUT2D eigenvalue weighted by Crippen LogP contribution is -2.27. The smallest absolute Gasteiger partial charge is 0.431 e. The fourth-order valence-electron chi connectivity index (χ4n) is 1.93. The minimum atomic E-state index is -4.70. The molecule has 0 amide bonds. The number of carbonyl (C=O) groups is 1. The number of halogens is 3. The minimum Gasteiger partial charge on any atom is -0.475 e. The number of aromatic nitrogens is 1. The van der Waals surface area contributed by atoms with Crippen LogP contribution in [-0.2, 0) is 12.7 Å². The molecule has 0 aliphatic heterocycles. The molecule has 112 valence electrons. The minimum absolute atomic E-state index is 0.0382. The fraction of sp³-hybridized carbons (Fsp3) is 0.231. The van der Waals surface area contributed by atoms with Crippen molar-refractivity contribution in [3.63, 3.8) is 0 Å². The summed E-state index contributed by atoms with van der Waals surface area (Å²) in [7, 11) is 0. The number of furan rings is 1. The van der Waals surface area contributed by atoms with Gasteiger partial charge in [0, 0.05) is 11.6 Å². The highest BCUT2D eigenvalue weighted by molar-refractivity contribution is 5.86. The molecule has 1 N–H and O–H groups in total. The molecule has 21 heavy (non-hydrogen) atoms. The van der Waals surface area contributed by atoms with Crippen molar-refractivity contribution in [1.29, 1.82) is 0 Å². The number of pyridine rings is 1. The second kappa shape index (κ2) is 5.12. The van der Waals surface area contributed by atoms with Gasteiger partial charge in [0.1, 0.15) is 11.5 Å². The van der Waals surface area contributed by atoms with E-state index in [1.165, 1.54) is 13.0 Å². The summed E-state index contributed by atoms with van der Waals surface area (Å²) in [5.41, 5.74) is -1.70. The molecule has 0 atom stereocenters. The van der Waals surface area contributed by atoms with Crippen molar-refractivity contribution in [2.24, 2.45) is 0 Å². The van der Waals surface area contributed by atoms with E-state index >= 15 is 0 Å². The van der Waals surface area contributed by atoms with Crippen LogP contribution >= 0.6 is 0 Å². The number of nitrogens with zero attached hydrogens (tertiary/aromatic N) is 1. The third-order valence-corrected chi connectivity index (χ3v) is 2.82. The number of rotatable bonds is 3. The van der Waals surface area contributed by atoms with Crippen LogP contribution in [0.4, 0.5) is 13.2 Å². The van der Waals surface area contributed by atoms with Crippen molar-refractivity contribution in [1.82, 2.24) is 4.57 Å². The van der Waals surface area contributed by atoms with E-state index in [9.17, 15) is 22.8 Å². The van der Waals surface area contributed by atoms with E-state index in [1.54, 1.807) is 0 Å². The van der Waals surface area contributed by atoms with Gasteiger partial charge in [0.25, 0.3) is 5.56 Å². The Hall–Kier alpha value is -2.51. The first-order valence-electron chi connectivity index (χ1n) is 5.80. The van der Waals surface area contributed by atoms with Gasteiger partial charge in [-0.1, -0.05) is 6.07 Å². The Kier molecular flexibility index (Phi) is 3.63. The van der Waals surface area contributed by atoms with Gasteiger partial charge in [0.05, 0.1) is 6.54 Å². The lowest BCUT2D eigenvalue weighted by atomic mass is 10.2. The SMILES string of the molecule is Cc1cc(Cn2c(C(F)(F)F)cccc2=O)oc1C(=O)O. The lowest BCUT2D eigenvalue weighted by Gasteiger charge is -2.13. The molecule has 2 aromatic rings. The molecule has 8 heteroatoms. The highest BCUT2D eigenvalue weighted by atomic mass is 19.4. The lowest BCUT2D eigenvalue weighted by molar-refractivity contribution is -0.144. The highest BCUT2D eigenvalue weighted by Gasteiger charge is 2.34. The van der Waals surface area contributed by atoms with Gasteiger partial charge in [0.2, 0.25) is 5.76 Å². The van der Waals surface area contributed by atoms with Crippen LogP contribution in [0.15, 0.2) is 33.5 Å². The molecular formula is C13H10F3NO4. The maximum atomic E-state index is 12.9. The van der Waals surface area contributed by atoms with Gasteiger partial charge in [-0.25, -0.2) is 4.79 Å². The van der Waals surface area contributed by atoms with Crippen LogP contribution in [0, 0.1) is 6.92 Å². The number of hydrogen-bond donors (Lipinski definition) is 1. The number of carboxylic acid groups (broad SMARTS) is 1. The quantitative estimate of drug-likeness (QED) is 0.945. The molecule has 0 fully saturated rings. The number of carboxylic acids is 1. The summed E-state index contributed by atoms with van der Waals surface area (Å²) in [5.74, 6) is -1.72. The van der Waals surface area contributed by atoms with Crippen LogP contribution in [0.25, 0.3) is 0 Å². The molecule has 0 radical (unpaired) electrons. The second-order valence-corrected chi connectivity index (χ2v) is 4.36. The van der Waals surface area contributed by atoms with Crippen molar-refractivity contribution in [3.8, 4) is 0 Å². The first-order valence-corrected chi connectivity index (χ1v) is 5.80. The van der Waals surface area contributed by atoms with Gasteiger partial charge in [-0.2, -0.15) is 13.2 Å². The molecular weight excluding hydrogens is 291 g/mol. The van der Waals surface area contributed by atoms with Crippen LogP contribution in [0.3, 0.4) is 0 Å². The number of alkyl halides is 3. The number of hydrogen-bond acceptors (Lipinski definition) is 3. The van der Waals surface area contributed by atoms with Crippen molar-refractivity contribution < 1.29 is 27.5 Å². The van der Waals surface area contributed by atoms with E-state index in [1.807, 2.05) is 0 Å². The van der Waals surface area contributed by atoms with Gasteiger partial charge >= 0.3 is 12.1 Å². The van der Waals surface area contributed by atoms with E-state index in [0.717, 1.165) is 18.2 Å². The summed E-state index contributed by atoms with van der Waals surface area (Å²) in [6.07, 6.45) is -4.70.